The van der Waals surface area contributed by atoms with Gasteiger partial charge in [-0.25, -0.2) is 0 Å². The summed E-state index contributed by atoms with van der Waals surface area (Å²) in [5.41, 5.74) is 1.69. The van der Waals surface area contributed by atoms with E-state index in [0.29, 0.717) is 11.5 Å². The van der Waals surface area contributed by atoms with Crippen LogP contribution in [0.1, 0.15) is 49.2 Å². The van der Waals surface area contributed by atoms with Crippen LogP contribution in [0.15, 0.2) is 78.9 Å². The second-order valence-corrected chi connectivity index (χ2v) is 11.0. The average Bonchev–Trinajstić information content (AvgIpc) is 3.45. The molecule has 0 radical (unpaired) electrons. The Morgan fingerprint density at radius 3 is 1.75 bits per heavy atom. The molecule has 0 bridgehead atoms. The van der Waals surface area contributed by atoms with E-state index in [1.165, 1.54) is 6.07 Å². The molecular formula is C35H34O13. The summed E-state index contributed by atoms with van der Waals surface area (Å²) in [4.78, 5) is 61.2. The van der Waals surface area contributed by atoms with Crippen LogP contribution in [-0.2, 0) is 53.4 Å². The molecule has 0 aromatic heterocycles. The Morgan fingerprint density at radius 1 is 0.646 bits per heavy atom. The number of carbonyl (C=O) groups excluding carboxylic acids is 5. The van der Waals surface area contributed by atoms with Crippen LogP contribution in [0.4, 0.5) is 0 Å². The van der Waals surface area contributed by atoms with Gasteiger partial charge in [-0.2, -0.15) is 0 Å². The van der Waals surface area contributed by atoms with Crippen molar-refractivity contribution in [2.45, 2.75) is 64.2 Å². The average molecular weight is 663 g/mol. The van der Waals surface area contributed by atoms with E-state index in [-0.39, 0.29) is 5.56 Å². The lowest BCUT2D eigenvalue weighted by Crippen LogP contribution is -2.63. The SMILES string of the molecule is CC(=O)OC[C@H]1O[C@@H](OCC(=O)c2ccc3c(c2)OC(c2ccccc2)(c2ccccc2)O3)[C@H](OC(C)=O)[C@@H](OC(C)=O)[C@H]1OC(C)=O. The topological polar surface area (TPSA) is 159 Å². The highest BCUT2D eigenvalue weighted by Crippen LogP contribution is 2.48. The summed E-state index contributed by atoms with van der Waals surface area (Å²) in [5.74, 6) is -4.08. The third kappa shape index (κ3) is 7.64. The Hall–Kier alpha value is -5.27. The standard InChI is InChI=1S/C35H34O13/c1-20(36)41-19-30-31(43-21(2)37)32(44-22(3)38)33(45-23(4)39)34(46-30)42-18-27(40)24-15-16-28-29(17-24)48-35(47-28,25-11-7-5-8-12-25)26-13-9-6-10-14-26/h5-17,30-34H,18-19H2,1-4H3/t30-,31+,32+,33-,34-/m1/s1. The zero-order valence-electron chi connectivity index (χ0n) is 26.6. The van der Waals surface area contributed by atoms with E-state index in [4.69, 9.17) is 37.9 Å². The molecule has 5 atom stereocenters. The molecule has 0 unspecified atom stereocenters. The predicted octanol–water partition coefficient (Wildman–Crippen LogP) is 3.64. The first kappa shape index (κ1) is 34.1. The number of hydrogen-bond donors (Lipinski definition) is 0. The van der Waals surface area contributed by atoms with Gasteiger partial charge in [-0.3, -0.25) is 24.0 Å². The molecule has 1 fully saturated rings. The van der Waals surface area contributed by atoms with Gasteiger partial charge in [0.15, 0.2) is 41.9 Å². The molecule has 1 saturated heterocycles. The number of fused-ring (bicyclic) bond motifs is 1. The Morgan fingerprint density at radius 2 is 1.19 bits per heavy atom. The van der Waals surface area contributed by atoms with E-state index >= 15 is 0 Å². The first-order valence-corrected chi connectivity index (χ1v) is 15.0. The molecule has 0 amide bonds. The number of benzene rings is 3. The van der Waals surface area contributed by atoms with Gasteiger partial charge < -0.3 is 37.9 Å². The predicted molar refractivity (Wildman–Crippen MR) is 164 cm³/mol. The smallest absolute Gasteiger partial charge is 0.305 e. The number of hydrogen-bond acceptors (Lipinski definition) is 13. The van der Waals surface area contributed by atoms with Gasteiger partial charge in [0.2, 0.25) is 0 Å². The minimum atomic E-state index is -1.51. The molecule has 252 valence electrons. The Bertz CT molecular complexity index is 1620. The van der Waals surface area contributed by atoms with Crippen molar-refractivity contribution in [1.29, 1.82) is 0 Å². The summed E-state index contributed by atoms with van der Waals surface area (Å²) in [6.45, 7) is 3.47. The lowest BCUT2D eigenvalue weighted by Gasteiger charge is -2.43. The van der Waals surface area contributed by atoms with Gasteiger partial charge in [-0.15, -0.1) is 0 Å². The number of rotatable bonds is 11. The normalized spacial score (nSPS) is 22.2. The van der Waals surface area contributed by atoms with Crippen molar-refractivity contribution in [3.8, 4) is 11.5 Å². The first-order valence-electron chi connectivity index (χ1n) is 15.0. The van der Waals surface area contributed by atoms with Crippen LogP contribution in [0.3, 0.4) is 0 Å². The summed E-state index contributed by atoms with van der Waals surface area (Å²) in [5, 5.41) is 0. The number of ether oxygens (including phenoxy) is 8. The fourth-order valence-electron chi connectivity index (χ4n) is 5.46. The molecule has 0 saturated carbocycles. The van der Waals surface area contributed by atoms with Crippen LogP contribution in [0.5, 0.6) is 11.5 Å². The molecule has 5 rings (SSSR count). The monoisotopic (exact) mass is 662 g/mol. The van der Waals surface area contributed by atoms with Crippen LogP contribution < -0.4 is 9.47 Å². The lowest BCUT2D eigenvalue weighted by atomic mass is 9.97. The van der Waals surface area contributed by atoms with Crippen LogP contribution in [0, 0.1) is 0 Å². The number of Topliss-reactive ketones (excluding diaryl/α,β-unsaturated/α-hetero) is 1. The van der Waals surface area contributed by atoms with Crippen molar-refractivity contribution in [1.82, 2.24) is 0 Å². The fraction of sp³-hybridized carbons (Fsp3) is 0.343. The summed E-state index contributed by atoms with van der Waals surface area (Å²) in [6, 6.07) is 23.5. The van der Waals surface area contributed by atoms with Crippen molar-refractivity contribution < 1.29 is 61.9 Å². The second-order valence-electron chi connectivity index (χ2n) is 11.0. The van der Waals surface area contributed by atoms with Crippen LogP contribution in [-0.4, -0.2) is 73.6 Å². The van der Waals surface area contributed by atoms with Crippen molar-refractivity contribution in [2.75, 3.05) is 13.2 Å². The van der Waals surface area contributed by atoms with E-state index in [2.05, 4.69) is 0 Å². The summed E-state index contributed by atoms with van der Waals surface area (Å²) >= 11 is 0. The Kier molecular flexibility index (Phi) is 10.4. The highest BCUT2D eigenvalue weighted by atomic mass is 16.7. The molecular weight excluding hydrogens is 628 g/mol. The molecule has 13 nitrogen and oxygen atoms in total. The Balaban J connectivity index is 1.38. The zero-order valence-corrected chi connectivity index (χ0v) is 26.6. The van der Waals surface area contributed by atoms with Crippen molar-refractivity contribution >= 4 is 29.7 Å². The number of esters is 4. The zero-order chi connectivity index (χ0) is 34.4. The number of carbonyl (C=O) groups is 5. The maximum absolute atomic E-state index is 13.5. The maximum atomic E-state index is 13.5. The van der Waals surface area contributed by atoms with Crippen LogP contribution in [0.25, 0.3) is 0 Å². The van der Waals surface area contributed by atoms with E-state index in [1.54, 1.807) is 12.1 Å². The van der Waals surface area contributed by atoms with Crippen molar-refractivity contribution in [2.24, 2.45) is 0 Å². The molecule has 0 spiro atoms. The highest BCUT2D eigenvalue weighted by Gasteiger charge is 2.53. The van der Waals surface area contributed by atoms with Gasteiger partial charge in [0.05, 0.1) is 0 Å². The molecule has 2 heterocycles. The minimum absolute atomic E-state index is 0.208. The van der Waals surface area contributed by atoms with Gasteiger partial charge in [0.25, 0.3) is 0 Å². The van der Waals surface area contributed by atoms with Gasteiger partial charge in [0.1, 0.15) is 19.3 Å². The maximum Gasteiger partial charge on any atom is 0.305 e. The third-order valence-electron chi connectivity index (χ3n) is 7.41. The summed E-state index contributed by atoms with van der Waals surface area (Å²) in [7, 11) is 0. The van der Waals surface area contributed by atoms with Crippen molar-refractivity contribution in [3.63, 3.8) is 0 Å². The van der Waals surface area contributed by atoms with E-state index < -0.39 is 79.4 Å². The highest BCUT2D eigenvalue weighted by molar-refractivity contribution is 5.97. The van der Waals surface area contributed by atoms with Gasteiger partial charge >= 0.3 is 29.7 Å². The van der Waals surface area contributed by atoms with Crippen LogP contribution in [0.2, 0.25) is 0 Å². The first-order chi connectivity index (χ1) is 23.0. The van der Waals surface area contributed by atoms with Gasteiger partial charge in [-0.05, 0) is 18.2 Å². The largest absolute Gasteiger partial charge is 0.463 e. The van der Waals surface area contributed by atoms with E-state index in [9.17, 15) is 24.0 Å². The van der Waals surface area contributed by atoms with Crippen molar-refractivity contribution in [3.05, 3.63) is 95.6 Å². The molecule has 0 N–H and O–H groups in total. The molecule has 0 aliphatic carbocycles. The summed E-state index contributed by atoms with van der Waals surface area (Å²) in [6.07, 6.45) is -6.98. The molecule has 3 aromatic rings. The Labute approximate surface area is 275 Å². The van der Waals surface area contributed by atoms with Crippen LogP contribution >= 0.6 is 0 Å². The minimum Gasteiger partial charge on any atom is -0.463 e. The van der Waals surface area contributed by atoms with Gasteiger partial charge in [-0.1, -0.05) is 60.7 Å². The molecule has 2 aliphatic rings. The third-order valence-corrected chi connectivity index (χ3v) is 7.41. The van der Waals surface area contributed by atoms with E-state index in [1.807, 2.05) is 60.7 Å². The summed E-state index contributed by atoms with van der Waals surface area (Å²) < 4.78 is 45.8. The fourth-order valence-corrected chi connectivity index (χ4v) is 5.46. The number of ketones is 1. The lowest BCUT2D eigenvalue weighted by molar-refractivity contribution is -0.305. The quantitative estimate of drug-likeness (QED) is 0.167. The second kappa shape index (κ2) is 14.7. The molecule has 2 aliphatic heterocycles. The molecule has 13 heteroatoms. The molecule has 3 aromatic carbocycles. The van der Waals surface area contributed by atoms with E-state index in [0.717, 1.165) is 38.8 Å². The molecule has 48 heavy (non-hydrogen) atoms. The van der Waals surface area contributed by atoms with Gasteiger partial charge in [0, 0.05) is 44.4 Å².